The van der Waals surface area contributed by atoms with E-state index >= 15 is 0 Å². The molecule has 2 heterocycles. The fourth-order valence-corrected chi connectivity index (χ4v) is 3.78. The number of rotatable bonds is 8. The Morgan fingerprint density at radius 1 is 1.03 bits per heavy atom. The summed E-state index contributed by atoms with van der Waals surface area (Å²) in [6, 6.07) is 10.5. The van der Waals surface area contributed by atoms with Crippen molar-refractivity contribution in [1.29, 1.82) is 0 Å². The Balaban J connectivity index is 1.52. The number of amides is 2. The number of hydrogen-bond donors (Lipinski definition) is 2. The molecule has 8 heteroatoms. The van der Waals surface area contributed by atoms with Gasteiger partial charge in [-0.1, -0.05) is 0 Å². The van der Waals surface area contributed by atoms with Crippen LogP contribution < -0.4 is 25.0 Å². The largest absolute Gasteiger partial charge is 0.454 e. The lowest BCUT2D eigenvalue weighted by atomic mass is 10.1. The summed E-state index contributed by atoms with van der Waals surface area (Å²) >= 11 is 0. The van der Waals surface area contributed by atoms with Gasteiger partial charge in [0.15, 0.2) is 11.5 Å². The van der Waals surface area contributed by atoms with E-state index in [-0.39, 0.29) is 18.6 Å². The molecular weight excluding hydrogens is 398 g/mol. The van der Waals surface area contributed by atoms with E-state index in [9.17, 15) is 9.59 Å². The van der Waals surface area contributed by atoms with E-state index in [4.69, 9.17) is 14.2 Å². The predicted octanol–water partition coefficient (Wildman–Crippen LogP) is 3.03. The average Bonchev–Trinajstić information content (AvgIpc) is 3.48. The summed E-state index contributed by atoms with van der Waals surface area (Å²) in [5.74, 6) is 0.739. The summed E-state index contributed by atoms with van der Waals surface area (Å²) in [6.07, 6.45) is 2.96. The Bertz CT molecular complexity index is 956. The number of nitrogens with zero attached hydrogens (tertiary/aromatic N) is 1. The molecule has 164 valence electrons. The lowest BCUT2D eigenvalue weighted by molar-refractivity contribution is 0.0947. The number of ether oxygens (including phenoxy) is 3. The molecule has 0 aromatic heterocycles. The number of carbonyl (C=O) groups excluding carboxylic acids is 2. The first-order chi connectivity index (χ1) is 15.2. The number of hydrogen-bond acceptors (Lipinski definition) is 6. The second kappa shape index (κ2) is 9.70. The third kappa shape index (κ3) is 4.91. The molecule has 0 radical (unpaired) electrons. The maximum atomic E-state index is 12.9. The predicted molar refractivity (Wildman–Crippen MR) is 117 cm³/mol. The van der Waals surface area contributed by atoms with Crippen LogP contribution in [0.2, 0.25) is 0 Å². The third-order valence-electron chi connectivity index (χ3n) is 5.39. The summed E-state index contributed by atoms with van der Waals surface area (Å²) in [7, 11) is 1.64. The van der Waals surface area contributed by atoms with Crippen LogP contribution in [-0.2, 0) is 4.74 Å². The van der Waals surface area contributed by atoms with Crippen molar-refractivity contribution in [3.63, 3.8) is 0 Å². The Morgan fingerprint density at radius 2 is 1.84 bits per heavy atom. The molecular formula is C23H27N3O5. The summed E-state index contributed by atoms with van der Waals surface area (Å²) in [4.78, 5) is 27.9. The van der Waals surface area contributed by atoms with Gasteiger partial charge < -0.3 is 29.7 Å². The monoisotopic (exact) mass is 425 g/mol. The molecule has 1 fully saturated rings. The van der Waals surface area contributed by atoms with Crippen LogP contribution in [0.1, 0.15) is 40.0 Å². The molecule has 8 nitrogen and oxygen atoms in total. The van der Waals surface area contributed by atoms with Gasteiger partial charge in [-0.25, -0.2) is 0 Å². The molecule has 0 atom stereocenters. The van der Waals surface area contributed by atoms with E-state index in [1.165, 1.54) is 0 Å². The van der Waals surface area contributed by atoms with E-state index in [0.717, 1.165) is 38.0 Å². The van der Waals surface area contributed by atoms with Crippen LogP contribution in [0, 0.1) is 0 Å². The fraction of sp³-hybridized carbons (Fsp3) is 0.391. The van der Waals surface area contributed by atoms with Gasteiger partial charge in [-0.3, -0.25) is 9.59 Å². The van der Waals surface area contributed by atoms with Crippen LogP contribution in [0.5, 0.6) is 11.5 Å². The maximum absolute atomic E-state index is 12.9. The standard InChI is InChI=1S/C23H27N3O5/c1-29-12-4-9-24-23(28)18-14-17(6-7-19(18)26-10-2-3-11-26)25-22(27)16-5-8-20-21(13-16)31-15-30-20/h5-8,13-14H,2-4,9-12,15H2,1H3,(H,24,28)(H,25,27). The minimum Gasteiger partial charge on any atom is -0.454 e. The summed E-state index contributed by atoms with van der Waals surface area (Å²) < 4.78 is 15.7. The quantitative estimate of drug-likeness (QED) is 0.632. The SMILES string of the molecule is COCCCNC(=O)c1cc(NC(=O)c2ccc3c(c2)OCO3)ccc1N1CCCC1. The maximum Gasteiger partial charge on any atom is 0.255 e. The van der Waals surface area contributed by atoms with Crippen LogP contribution in [-0.4, -0.2) is 52.0 Å². The number of fused-ring (bicyclic) bond motifs is 1. The van der Waals surface area contributed by atoms with E-state index < -0.39 is 0 Å². The Hall–Kier alpha value is -3.26. The summed E-state index contributed by atoms with van der Waals surface area (Å²) in [5.41, 5.74) is 2.47. The molecule has 2 amide bonds. The number of methoxy groups -OCH3 is 1. The van der Waals surface area contributed by atoms with Gasteiger partial charge in [-0.05, 0) is 55.7 Å². The summed E-state index contributed by atoms with van der Waals surface area (Å²) in [5, 5.41) is 5.83. The molecule has 2 aromatic carbocycles. The van der Waals surface area contributed by atoms with Gasteiger partial charge in [-0.15, -0.1) is 0 Å². The highest BCUT2D eigenvalue weighted by Gasteiger charge is 2.21. The van der Waals surface area contributed by atoms with E-state index in [2.05, 4.69) is 15.5 Å². The molecule has 0 spiro atoms. The number of benzene rings is 2. The van der Waals surface area contributed by atoms with Gasteiger partial charge in [0.1, 0.15) is 0 Å². The second-order valence-electron chi connectivity index (χ2n) is 7.55. The van der Waals surface area contributed by atoms with Crippen molar-refractivity contribution >= 4 is 23.2 Å². The van der Waals surface area contributed by atoms with Gasteiger partial charge in [0.2, 0.25) is 6.79 Å². The summed E-state index contributed by atoms with van der Waals surface area (Å²) in [6.45, 7) is 3.12. The molecule has 0 unspecified atom stereocenters. The van der Waals surface area contributed by atoms with E-state index in [1.807, 2.05) is 12.1 Å². The molecule has 0 saturated carbocycles. The first kappa shape index (κ1) is 21.0. The van der Waals surface area contributed by atoms with E-state index in [1.54, 1.807) is 31.4 Å². The topological polar surface area (TPSA) is 89.1 Å². The highest BCUT2D eigenvalue weighted by Crippen LogP contribution is 2.33. The Morgan fingerprint density at radius 3 is 2.65 bits per heavy atom. The first-order valence-electron chi connectivity index (χ1n) is 10.5. The fourth-order valence-electron chi connectivity index (χ4n) is 3.78. The van der Waals surface area contributed by atoms with Gasteiger partial charge >= 0.3 is 0 Å². The number of carbonyl (C=O) groups is 2. The van der Waals surface area contributed by atoms with Gasteiger partial charge in [0.25, 0.3) is 11.8 Å². The highest BCUT2D eigenvalue weighted by molar-refractivity contribution is 6.06. The lowest BCUT2D eigenvalue weighted by Crippen LogP contribution is -2.29. The van der Waals surface area contributed by atoms with E-state index in [0.29, 0.717) is 41.5 Å². The van der Waals surface area contributed by atoms with Crippen LogP contribution in [0.15, 0.2) is 36.4 Å². The van der Waals surface area contributed by atoms with Crippen molar-refractivity contribution < 1.29 is 23.8 Å². The molecule has 0 aliphatic carbocycles. The molecule has 2 aromatic rings. The van der Waals surface area contributed by atoms with Crippen molar-refractivity contribution in [2.24, 2.45) is 0 Å². The van der Waals surface area contributed by atoms with Gasteiger partial charge in [0, 0.05) is 50.3 Å². The zero-order chi connectivity index (χ0) is 21.6. The van der Waals surface area contributed by atoms with Crippen LogP contribution in [0.4, 0.5) is 11.4 Å². The van der Waals surface area contributed by atoms with Gasteiger partial charge in [0.05, 0.1) is 5.56 Å². The second-order valence-corrected chi connectivity index (χ2v) is 7.55. The zero-order valence-electron chi connectivity index (χ0n) is 17.6. The van der Waals surface area contributed by atoms with Crippen molar-refractivity contribution in [1.82, 2.24) is 5.32 Å². The minimum absolute atomic E-state index is 0.154. The average molecular weight is 425 g/mol. The van der Waals surface area contributed by atoms with Crippen molar-refractivity contribution in [3.05, 3.63) is 47.5 Å². The molecule has 2 aliphatic heterocycles. The van der Waals surface area contributed by atoms with Crippen molar-refractivity contribution in [3.8, 4) is 11.5 Å². The first-order valence-corrected chi connectivity index (χ1v) is 10.5. The number of anilines is 2. The molecule has 31 heavy (non-hydrogen) atoms. The molecule has 1 saturated heterocycles. The third-order valence-corrected chi connectivity index (χ3v) is 5.39. The van der Waals surface area contributed by atoms with Gasteiger partial charge in [-0.2, -0.15) is 0 Å². The minimum atomic E-state index is -0.279. The molecule has 4 rings (SSSR count). The van der Waals surface area contributed by atoms with Crippen molar-refractivity contribution in [2.75, 3.05) is 50.4 Å². The Kier molecular flexibility index (Phi) is 6.57. The highest BCUT2D eigenvalue weighted by atomic mass is 16.7. The smallest absolute Gasteiger partial charge is 0.255 e. The molecule has 0 bridgehead atoms. The Labute approximate surface area is 181 Å². The lowest BCUT2D eigenvalue weighted by Gasteiger charge is -2.22. The van der Waals surface area contributed by atoms with Crippen LogP contribution in [0.3, 0.4) is 0 Å². The molecule has 2 N–H and O–H groups in total. The zero-order valence-corrected chi connectivity index (χ0v) is 17.6. The van der Waals surface area contributed by atoms with Crippen molar-refractivity contribution in [2.45, 2.75) is 19.3 Å². The number of nitrogens with one attached hydrogen (secondary N) is 2. The normalized spacial score (nSPS) is 14.5. The van der Waals surface area contributed by atoms with Crippen LogP contribution >= 0.6 is 0 Å². The van der Waals surface area contributed by atoms with Crippen LogP contribution in [0.25, 0.3) is 0 Å². The molecule has 2 aliphatic rings.